The zero-order valence-corrected chi connectivity index (χ0v) is 10.6. The summed E-state index contributed by atoms with van der Waals surface area (Å²) in [6, 6.07) is 3.96. The molecular weight excluding hydrogens is 228 g/mol. The van der Waals surface area contributed by atoms with Crippen LogP contribution in [0.5, 0.6) is 5.88 Å². The molecule has 0 unspecified atom stereocenters. The standard InChI is InChI=1S/C14H18N2O2/c1-10-6-7-16-14(13(10)8-15)18-12-4-2-11(9-17)3-5-12/h6-7,11-12,17H,2-5,9H2,1H3. The first kappa shape index (κ1) is 12.8. The van der Waals surface area contributed by atoms with Crippen LogP contribution < -0.4 is 4.74 Å². The van der Waals surface area contributed by atoms with E-state index in [1.165, 1.54) is 0 Å². The third-order valence-corrected chi connectivity index (χ3v) is 3.57. The molecule has 4 heteroatoms. The molecule has 18 heavy (non-hydrogen) atoms. The van der Waals surface area contributed by atoms with E-state index in [1.807, 2.05) is 13.0 Å². The lowest BCUT2D eigenvalue weighted by Crippen LogP contribution is -2.26. The van der Waals surface area contributed by atoms with Crippen molar-refractivity contribution in [3.05, 3.63) is 23.4 Å². The molecule has 0 aromatic carbocycles. The van der Waals surface area contributed by atoms with Gasteiger partial charge in [-0.1, -0.05) is 0 Å². The number of aliphatic hydroxyl groups is 1. The van der Waals surface area contributed by atoms with Crippen molar-refractivity contribution < 1.29 is 9.84 Å². The molecule has 1 saturated carbocycles. The maximum Gasteiger partial charge on any atom is 0.232 e. The molecule has 1 heterocycles. The zero-order valence-electron chi connectivity index (χ0n) is 10.6. The Morgan fingerprint density at radius 1 is 1.44 bits per heavy atom. The number of aliphatic hydroxyl groups excluding tert-OH is 1. The lowest BCUT2D eigenvalue weighted by molar-refractivity contribution is 0.100. The highest BCUT2D eigenvalue weighted by molar-refractivity contribution is 5.43. The van der Waals surface area contributed by atoms with E-state index in [1.54, 1.807) is 6.20 Å². The molecule has 2 rings (SSSR count). The van der Waals surface area contributed by atoms with Gasteiger partial charge >= 0.3 is 0 Å². The highest BCUT2D eigenvalue weighted by atomic mass is 16.5. The van der Waals surface area contributed by atoms with Crippen molar-refractivity contribution in [2.75, 3.05) is 6.61 Å². The van der Waals surface area contributed by atoms with Crippen LogP contribution in [0.15, 0.2) is 12.3 Å². The van der Waals surface area contributed by atoms with E-state index in [9.17, 15) is 0 Å². The summed E-state index contributed by atoms with van der Waals surface area (Å²) in [4.78, 5) is 4.15. The van der Waals surface area contributed by atoms with Crippen LogP contribution in [0.3, 0.4) is 0 Å². The van der Waals surface area contributed by atoms with Gasteiger partial charge < -0.3 is 9.84 Å². The largest absolute Gasteiger partial charge is 0.473 e. The van der Waals surface area contributed by atoms with Crippen molar-refractivity contribution in [3.63, 3.8) is 0 Å². The molecule has 0 aliphatic heterocycles. The Hall–Kier alpha value is -1.60. The van der Waals surface area contributed by atoms with Crippen LogP contribution in [0.1, 0.15) is 36.8 Å². The predicted octanol–water partition coefficient (Wildman–Crippen LogP) is 2.19. The van der Waals surface area contributed by atoms with Crippen LogP contribution in [0.2, 0.25) is 0 Å². The summed E-state index contributed by atoms with van der Waals surface area (Å²) in [5.41, 5.74) is 1.42. The summed E-state index contributed by atoms with van der Waals surface area (Å²) >= 11 is 0. The molecule has 1 aromatic rings. The molecule has 0 bridgehead atoms. The molecule has 0 saturated heterocycles. The highest BCUT2D eigenvalue weighted by Crippen LogP contribution is 2.28. The van der Waals surface area contributed by atoms with E-state index in [0.29, 0.717) is 17.4 Å². The molecule has 1 N–H and O–H groups in total. The molecule has 0 amide bonds. The highest BCUT2D eigenvalue weighted by Gasteiger charge is 2.23. The van der Waals surface area contributed by atoms with E-state index >= 15 is 0 Å². The van der Waals surface area contributed by atoms with Gasteiger partial charge in [0, 0.05) is 12.8 Å². The second-order valence-electron chi connectivity index (χ2n) is 4.86. The summed E-state index contributed by atoms with van der Waals surface area (Å²) in [5.74, 6) is 0.857. The number of hydrogen-bond donors (Lipinski definition) is 1. The third kappa shape index (κ3) is 2.80. The van der Waals surface area contributed by atoms with Crippen LogP contribution in [0, 0.1) is 24.2 Å². The van der Waals surface area contributed by atoms with Crippen LogP contribution in [0.4, 0.5) is 0 Å². The van der Waals surface area contributed by atoms with Crippen LogP contribution in [0.25, 0.3) is 0 Å². The number of pyridine rings is 1. The van der Waals surface area contributed by atoms with Gasteiger partial charge in [-0.25, -0.2) is 4.98 Å². The van der Waals surface area contributed by atoms with Gasteiger partial charge in [0.05, 0.1) is 0 Å². The minimum atomic E-state index is 0.120. The normalized spacial score (nSPS) is 23.4. The lowest BCUT2D eigenvalue weighted by Gasteiger charge is -2.27. The number of aromatic nitrogens is 1. The maximum absolute atomic E-state index is 9.11. The smallest absolute Gasteiger partial charge is 0.232 e. The van der Waals surface area contributed by atoms with E-state index in [2.05, 4.69) is 11.1 Å². The molecule has 0 spiro atoms. The van der Waals surface area contributed by atoms with E-state index in [4.69, 9.17) is 15.1 Å². The number of aryl methyl sites for hydroxylation is 1. The van der Waals surface area contributed by atoms with Crippen LogP contribution in [-0.2, 0) is 0 Å². The van der Waals surface area contributed by atoms with Crippen molar-refractivity contribution in [1.82, 2.24) is 4.98 Å². The van der Waals surface area contributed by atoms with Crippen molar-refractivity contribution >= 4 is 0 Å². The number of nitriles is 1. The van der Waals surface area contributed by atoms with Crippen LogP contribution >= 0.6 is 0 Å². The van der Waals surface area contributed by atoms with Crippen LogP contribution in [-0.4, -0.2) is 22.8 Å². The number of nitrogens with zero attached hydrogens (tertiary/aromatic N) is 2. The molecule has 96 valence electrons. The quantitative estimate of drug-likeness (QED) is 0.887. The fourth-order valence-corrected chi connectivity index (χ4v) is 2.35. The summed E-state index contributed by atoms with van der Waals surface area (Å²) in [5, 5.41) is 18.2. The van der Waals surface area contributed by atoms with E-state index < -0.39 is 0 Å². The van der Waals surface area contributed by atoms with Gasteiger partial charge in [0.15, 0.2) is 0 Å². The molecule has 1 aliphatic rings. The lowest BCUT2D eigenvalue weighted by atomic mass is 9.88. The second-order valence-corrected chi connectivity index (χ2v) is 4.86. The third-order valence-electron chi connectivity index (χ3n) is 3.57. The first-order valence-electron chi connectivity index (χ1n) is 6.37. The summed E-state index contributed by atoms with van der Waals surface area (Å²) in [6.45, 7) is 2.15. The number of rotatable bonds is 3. The molecular formula is C14H18N2O2. The van der Waals surface area contributed by atoms with E-state index in [-0.39, 0.29) is 12.7 Å². The summed E-state index contributed by atoms with van der Waals surface area (Å²) in [6.07, 6.45) is 5.60. The number of hydrogen-bond acceptors (Lipinski definition) is 4. The van der Waals surface area contributed by atoms with Crippen molar-refractivity contribution in [2.24, 2.45) is 5.92 Å². The topological polar surface area (TPSA) is 66.1 Å². The molecule has 1 aliphatic carbocycles. The Balaban J connectivity index is 2.03. The van der Waals surface area contributed by atoms with Gasteiger partial charge in [-0.3, -0.25) is 0 Å². The second kappa shape index (κ2) is 5.83. The minimum absolute atomic E-state index is 0.120. The van der Waals surface area contributed by atoms with Gasteiger partial charge in [0.2, 0.25) is 5.88 Å². The zero-order chi connectivity index (χ0) is 13.0. The molecule has 1 fully saturated rings. The summed E-state index contributed by atoms with van der Waals surface area (Å²) in [7, 11) is 0. The molecule has 0 radical (unpaired) electrons. The molecule has 4 nitrogen and oxygen atoms in total. The SMILES string of the molecule is Cc1ccnc(OC2CCC(CO)CC2)c1C#N. The molecule has 1 aromatic heterocycles. The molecule has 0 atom stereocenters. The predicted molar refractivity (Wildman–Crippen MR) is 67.1 cm³/mol. The van der Waals surface area contributed by atoms with E-state index in [0.717, 1.165) is 31.2 Å². The van der Waals surface area contributed by atoms with Gasteiger partial charge in [-0.15, -0.1) is 0 Å². The number of ether oxygens (including phenoxy) is 1. The van der Waals surface area contributed by atoms with Crippen molar-refractivity contribution in [1.29, 1.82) is 5.26 Å². The fraction of sp³-hybridized carbons (Fsp3) is 0.571. The van der Waals surface area contributed by atoms with Gasteiger partial charge in [0.1, 0.15) is 17.7 Å². The van der Waals surface area contributed by atoms with Gasteiger partial charge in [-0.05, 0) is 50.2 Å². The Morgan fingerprint density at radius 2 is 2.17 bits per heavy atom. The Morgan fingerprint density at radius 3 is 2.78 bits per heavy atom. The average Bonchev–Trinajstić information content (AvgIpc) is 2.40. The maximum atomic E-state index is 9.11. The van der Waals surface area contributed by atoms with Gasteiger partial charge in [0.25, 0.3) is 0 Å². The summed E-state index contributed by atoms with van der Waals surface area (Å²) < 4.78 is 5.84. The van der Waals surface area contributed by atoms with Crippen molar-refractivity contribution in [3.8, 4) is 11.9 Å². The Labute approximate surface area is 107 Å². The Bertz CT molecular complexity index is 446. The van der Waals surface area contributed by atoms with Gasteiger partial charge in [-0.2, -0.15) is 5.26 Å². The Kier molecular flexibility index (Phi) is 4.16. The minimum Gasteiger partial charge on any atom is -0.473 e. The first-order valence-corrected chi connectivity index (χ1v) is 6.37. The first-order chi connectivity index (χ1) is 8.74. The fourth-order valence-electron chi connectivity index (χ4n) is 2.35. The average molecular weight is 246 g/mol. The monoisotopic (exact) mass is 246 g/mol. The van der Waals surface area contributed by atoms with Crippen molar-refractivity contribution in [2.45, 2.75) is 38.7 Å².